The van der Waals surface area contributed by atoms with Crippen molar-refractivity contribution in [1.29, 1.82) is 0 Å². The van der Waals surface area contributed by atoms with Gasteiger partial charge in [0.25, 0.3) is 0 Å². The Morgan fingerprint density at radius 2 is 1.76 bits per heavy atom. The molecule has 0 spiro atoms. The third-order valence-electron chi connectivity index (χ3n) is 3.13. The van der Waals surface area contributed by atoms with E-state index >= 15 is 0 Å². The van der Waals surface area contributed by atoms with E-state index in [0.29, 0.717) is 21.6 Å². The first kappa shape index (κ1) is 13.9. The van der Waals surface area contributed by atoms with Crippen LogP contribution in [0.3, 0.4) is 0 Å². The van der Waals surface area contributed by atoms with Crippen molar-refractivity contribution in [2.24, 2.45) is 0 Å². The molecule has 0 radical (unpaired) electrons. The molecule has 0 atom stereocenters. The van der Waals surface area contributed by atoms with E-state index in [9.17, 15) is 9.90 Å². The van der Waals surface area contributed by atoms with Gasteiger partial charge >= 0.3 is 5.97 Å². The van der Waals surface area contributed by atoms with Crippen molar-refractivity contribution >= 4 is 40.1 Å². The van der Waals surface area contributed by atoms with Crippen molar-refractivity contribution in [3.05, 3.63) is 64.1 Å². The van der Waals surface area contributed by atoms with Crippen molar-refractivity contribution in [2.45, 2.75) is 0 Å². The number of carboxylic acid groups (broad SMARTS) is 1. The number of carboxylic acids is 1. The molecule has 3 rings (SSSR count). The second-order valence-corrected chi connectivity index (χ2v) is 5.35. The van der Waals surface area contributed by atoms with Gasteiger partial charge in [-0.2, -0.15) is 0 Å². The monoisotopic (exact) mass is 317 g/mol. The number of hydrogen-bond donors (Lipinski definition) is 1. The number of pyridine rings is 1. The Morgan fingerprint density at radius 1 is 1.05 bits per heavy atom. The lowest BCUT2D eigenvalue weighted by atomic mass is 10.0. The second kappa shape index (κ2) is 5.35. The molecule has 0 aliphatic carbocycles. The van der Waals surface area contributed by atoms with E-state index in [2.05, 4.69) is 4.98 Å². The molecule has 104 valence electrons. The number of aromatic nitrogens is 1. The Bertz CT molecular complexity index is 848. The summed E-state index contributed by atoms with van der Waals surface area (Å²) in [6, 6.07) is 14.0. The molecule has 0 fully saturated rings. The van der Waals surface area contributed by atoms with E-state index in [4.69, 9.17) is 23.2 Å². The van der Waals surface area contributed by atoms with Crippen molar-refractivity contribution < 1.29 is 9.90 Å². The van der Waals surface area contributed by atoms with E-state index in [-0.39, 0.29) is 10.6 Å². The fraction of sp³-hybridized carbons (Fsp3) is 0. The maximum absolute atomic E-state index is 11.5. The average Bonchev–Trinajstić information content (AvgIpc) is 2.46. The summed E-state index contributed by atoms with van der Waals surface area (Å²) in [5, 5.41) is 10.5. The maximum Gasteiger partial charge on any atom is 0.336 e. The summed E-state index contributed by atoms with van der Waals surface area (Å²) < 4.78 is 0. The zero-order valence-corrected chi connectivity index (χ0v) is 12.2. The SMILES string of the molecule is O=C(O)c1cc(-c2ccccc2)nc2cc(Cl)cc(Cl)c12. The van der Waals surface area contributed by atoms with Crippen LogP contribution in [-0.2, 0) is 0 Å². The van der Waals surface area contributed by atoms with Crippen LogP contribution in [0.2, 0.25) is 10.0 Å². The third kappa shape index (κ3) is 2.58. The summed E-state index contributed by atoms with van der Waals surface area (Å²) in [4.78, 5) is 16.0. The van der Waals surface area contributed by atoms with Crippen LogP contribution in [0, 0.1) is 0 Å². The van der Waals surface area contributed by atoms with Crippen LogP contribution in [0.25, 0.3) is 22.2 Å². The molecule has 5 heteroatoms. The highest BCUT2D eigenvalue weighted by molar-refractivity contribution is 6.39. The van der Waals surface area contributed by atoms with Gasteiger partial charge in [-0.15, -0.1) is 0 Å². The van der Waals surface area contributed by atoms with Gasteiger partial charge in [-0.3, -0.25) is 0 Å². The fourth-order valence-corrected chi connectivity index (χ4v) is 2.80. The second-order valence-electron chi connectivity index (χ2n) is 4.51. The Hall–Kier alpha value is -2.10. The molecule has 3 aromatic rings. The van der Waals surface area contributed by atoms with Gasteiger partial charge in [-0.1, -0.05) is 53.5 Å². The number of nitrogens with zero attached hydrogens (tertiary/aromatic N) is 1. The normalized spacial score (nSPS) is 10.8. The molecular weight excluding hydrogens is 309 g/mol. The minimum atomic E-state index is -1.05. The molecule has 0 saturated heterocycles. The number of halogens is 2. The summed E-state index contributed by atoms with van der Waals surface area (Å²) in [6.45, 7) is 0. The summed E-state index contributed by atoms with van der Waals surface area (Å²) in [5.41, 5.74) is 1.98. The molecule has 1 heterocycles. The van der Waals surface area contributed by atoms with Crippen LogP contribution in [0.5, 0.6) is 0 Å². The topological polar surface area (TPSA) is 50.2 Å². The van der Waals surface area contributed by atoms with Gasteiger partial charge in [0.15, 0.2) is 0 Å². The highest BCUT2D eigenvalue weighted by atomic mass is 35.5. The lowest BCUT2D eigenvalue weighted by molar-refractivity contribution is 0.0699. The highest BCUT2D eigenvalue weighted by Gasteiger charge is 2.16. The predicted octanol–water partition coefficient (Wildman–Crippen LogP) is 4.91. The van der Waals surface area contributed by atoms with Crippen LogP contribution in [0.15, 0.2) is 48.5 Å². The van der Waals surface area contributed by atoms with E-state index < -0.39 is 5.97 Å². The highest BCUT2D eigenvalue weighted by Crippen LogP contribution is 2.32. The first-order valence-electron chi connectivity index (χ1n) is 6.15. The van der Waals surface area contributed by atoms with Gasteiger partial charge in [-0.25, -0.2) is 9.78 Å². The number of rotatable bonds is 2. The van der Waals surface area contributed by atoms with Gasteiger partial charge in [0.05, 0.1) is 21.8 Å². The van der Waals surface area contributed by atoms with Gasteiger partial charge in [0.1, 0.15) is 0 Å². The summed E-state index contributed by atoms with van der Waals surface area (Å²) >= 11 is 12.1. The number of fused-ring (bicyclic) bond motifs is 1. The third-order valence-corrected chi connectivity index (χ3v) is 3.64. The molecule has 0 aliphatic heterocycles. The number of hydrogen-bond acceptors (Lipinski definition) is 2. The molecule has 2 aromatic carbocycles. The van der Waals surface area contributed by atoms with Gasteiger partial charge in [0, 0.05) is 16.0 Å². The van der Waals surface area contributed by atoms with Gasteiger partial charge in [0.2, 0.25) is 0 Å². The van der Waals surface area contributed by atoms with Crippen molar-refractivity contribution in [3.8, 4) is 11.3 Å². The molecule has 3 nitrogen and oxygen atoms in total. The summed E-state index contributed by atoms with van der Waals surface area (Å²) in [7, 11) is 0. The lowest BCUT2D eigenvalue weighted by Gasteiger charge is -2.09. The molecule has 21 heavy (non-hydrogen) atoms. The van der Waals surface area contributed by atoms with Crippen LogP contribution >= 0.6 is 23.2 Å². The van der Waals surface area contributed by atoms with Crippen LogP contribution < -0.4 is 0 Å². The first-order chi connectivity index (χ1) is 10.1. The minimum absolute atomic E-state index is 0.112. The number of aromatic carboxylic acids is 1. The Labute approximate surface area is 130 Å². The van der Waals surface area contributed by atoms with Crippen molar-refractivity contribution in [1.82, 2.24) is 4.98 Å². The number of carbonyl (C=O) groups is 1. The van der Waals surface area contributed by atoms with Crippen molar-refractivity contribution in [2.75, 3.05) is 0 Å². The maximum atomic E-state index is 11.5. The zero-order chi connectivity index (χ0) is 15.0. The van der Waals surface area contributed by atoms with Gasteiger partial charge < -0.3 is 5.11 Å². The van der Waals surface area contributed by atoms with Crippen LogP contribution in [0.4, 0.5) is 0 Å². The summed E-state index contributed by atoms with van der Waals surface area (Å²) in [5.74, 6) is -1.05. The summed E-state index contributed by atoms with van der Waals surface area (Å²) in [6.07, 6.45) is 0. The molecular formula is C16H9Cl2NO2. The minimum Gasteiger partial charge on any atom is -0.478 e. The molecule has 0 aliphatic rings. The Morgan fingerprint density at radius 3 is 2.43 bits per heavy atom. The Kier molecular flexibility index (Phi) is 3.53. The first-order valence-corrected chi connectivity index (χ1v) is 6.90. The number of benzene rings is 2. The van der Waals surface area contributed by atoms with Crippen LogP contribution in [0.1, 0.15) is 10.4 Å². The molecule has 0 amide bonds. The van der Waals surface area contributed by atoms with E-state index in [1.165, 1.54) is 12.1 Å². The van der Waals surface area contributed by atoms with Crippen molar-refractivity contribution in [3.63, 3.8) is 0 Å². The smallest absolute Gasteiger partial charge is 0.336 e. The predicted molar refractivity (Wildman–Crippen MR) is 84.2 cm³/mol. The fourth-order valence-electron chi connectivity index (χ4n) is 2.21. The lowest BCUT2D eigenvalue weighted by Crippen LogP contribution is -2.01. The quantitative estimate of drug-likeness (QED) is 0.730. The van der Waals surface area contributed by atoms with Crippen LogP contribution in [-0.4, -0.2) is 16.1 Å². The van der Waals surface area contributed by atoms with E-state index in [1.807, 2.05) is 30.3 Å². The Balaban J connectivity index is 2.38. The standard InChI is InChI=1S/C16H9Cl2NO2/c17-10-6-12(18)15-11(16(20)21)8-13(19-14(15)7-10)9-4-2-1-3-5-9/h1-8H,(H,20,21). The van der Waals surface area contributed by atoms with Gasteiger partial charge in [-0.05, 0) is 18.2 Å². The van der Waals surface area contributed by atoms with E-state index in [1.54, 1.807) is 6.07 Å². The average molecular weight is 318 g/mol. The largest absolute Gasteiger partial charge is 0.478 e. The zero-order valence-electron chi connectivity index (χ0n) is 10.7. The molecule has 0 unspecified atom stereocenters. The molecule has 0 bridgehead atoms. The van der Waals surface area contributed by atoms with E-state index in [0.717, 1.165) is 5.56 Å². The molecule has 1 N–H and O–H groups in total. The molecule has 1 aromatic heterocycles. The molecule has 0 saturated carbocycles.